The molecule has 0 saturated carbocycles. The van der Waals surface area contributed by atoms with Gasteiger partial charge in [0.2, 0.25) is 0 Å². The van der Waals surface area contributed by atoms with Gasteiger partial charge in [-0.2, -0.15) is 0 Å². The molecule has 0 bridgehead atoms. The van der Waals surface area contributed by atoms with Gasteiger partial charge >= 0.3 is 0 Å². The van der Waals surface area contributed by atoms with E-state index in [4.69, 9.17) is 0 Å². The highest BCUT2D eigenvalue weighted by atomic mass is 16.3. The average Bonchev–Trinajstić information content (AvgIpc) is 2.63. The Kier molecular flexibility index (Phi) is 7.55. The van der Waals surface area contributed by atoms with E-state index in [9.17, 15) is 5.11 Å². The summed E-state index contributed by atoms with van der Waals surface area (Å²) < 4.78 is 0. The molecule has 0 atom stereocenters. The van der Waals surface area contributed by atoms with Gasteiger partial charge < -0.3 is 5.11 Å². The Bertz CT molecular complexity index is 628. The zero-order valence-corrected chi connectivity index (χ0v) is 16.2. The smallest absolute Gasteiger partial charge is 0.119 e. The van der Waals surface area contributed by atoms with Crippen molar-refractivity contribution < 1.29 is 5.11 Å². The van der Waals surface area contributed by atoms with Crippen molar-refractivity contribution in [3.8, 4) is 5.75 Å². The van der Waals surface area contributed by atoms with Gasteiger partial charge in [0.15, 0.2) is 0 Å². The summed E-state index contributed by atoms with van der Waals surface area (Å²) in [6, 6.07) is 16.6. The summed E-state index contributed by atoms with van der Waals surface area (Å²) in [6.07, 6.45) is 10.4. The van der Waals surface area contributed by atoms with Gasteiger partial charge in [-0.05, 0) is 30.0 Å². The lowest BCUT2D eigenvalue weighted by molar-refractivity contribution is 0.452. The molecule has 0 aliphatic heterocycles. The molecule has 0 unspecified atom stereocenters. The van der Waals surface area contributed by atoms with Crippen LogP contribution in [0.25, 0.3) is 0 Å². The van der Waals surface area contributed by atoms with Crippen molar-refractivity contribution in [2.75, 3.05) is 0 Å². The van der Waals surface area contributed by atoms with Crippen LogP contribution in [0.5, 0.6) is 5.75 Å². The number of benzene rings is 2. The molecule has 0 amide bonds. The average molecular weight is 339 g/mol. The van der Waals surface area contributed by atoms with Gasteiger partial charge in [-0.15, -0.1) is 0 Å². The van der Waals surface area contributed by atoms with Gasteiger partial charge in [0.1, 0.15) is 5.75 Å². The van der Waals surface area contributed by atoms with E-state index in [0.717, 1.165) is 12.0 Å². The van der Waals surface area contributed by atoms with Gasteiger partial charge in [-0.25, -0.2) is 0 Å². The van der Waals surface area contributed by atoms with Crippen LogP contribution >= 0.6 is 0 Å². The van der Waals surface area contributed by atoms with Crippen molar-refractivity contribution in [3.05, 3.63) is 65.2 Å². The first-order chi connectivity index (χ1) is 12.1. The monoisotopic (exact) mass is 338 g/mol. The van der Waals surface area contributed by atoms with Crippen LogP contribution in [0.2, 0.25) is 0 Å². The molecule has 1 N–H and O–H groups in total. The predicted molar refractivity (Wildman–Crippen MR) is 108 cm³/mol. The lowest BCUT2D eigenvalue weighted by atomic mass is 9.77. The van der Waals surface area contributed by atoms with E-state index in [2.05, 4.69) is 57.2 Å². The molecular weight excluding hydrogens is 304 g/mol. The number of hydrogen-bond donors (Lipinski definition) is 1. The number of rotatable bonds is 10. The molecule has 0 aliphatic rings. The zero-order valence-electron chi connectivity index (χ0n) is 16.2. The van der Waals surface area contributed by atoms with Crippen LogP contribution in [0.1, 0.15) is 82.4 Å². The van der Waals surface area contributed by atoms with Crippen LogP contribution in [0.4, 0.5) is 0 Å². The SMILES string of the molecule is CCCCCCCCCc1ccc(O)c(C(C)(C)c2ccccc2)c1. The standard InChI is InChI=1S/C24H34O/c1-4-5-6-7-8-9-11-14-20-17-18-23(25)22(19-20)24(2,3)21-15-12-10-13-16-21/h10,12-13,15-19,25H,4-9,11,14H2,1-3H3. The number of phenols is 1. The molecule has 0 aliphatic carbocycles. The molecule has 0 aromatic heterocycles. The Morgan fingerprint density at radius 1 is 0.800 bits per heavy atom. The lowest BCUT2D eigenvalue weighted by Crippen LogP contribution is -2.19. The molecule has 0 fully saturated rings. The van der Waals surface area contributed by atoms with Crippen LogP contribution in [0.15, 0.2) is 48.5 Å². The molecule has 2 rings (SSSR count). The van der Waals surface area contributed by atoms with Gasteiger partial charge in [-0.3, -0.25) is 0 Å². The van der Waals surface area contributed by atoms with Gasteiger partial charge in [0.05, 0.1) is 0 Å². The highest BCUT2D eigenvalue weighted by Gasteiger charge is 2.26. The first-order valence-corrected chi connectivity index (χ1v) is 9.93. The summed E-state index contributed by atoms with van der Waals surface area (Å²) in [4.78, 5) is 0. The second kappa shape index (κ2) is 9.65. The predicted octanol–water partition coefficient (Wildman–Crippen LogP) is 7.01. The van der Waals surface area contributed by atoms with Crippen LogP contribution in [-0.4, -0.2) is 5.11 Å². The maximum absolute atomic E-state index is 10.4. The van der Waals surface area contributed by atoms with Gasteiger partial charge in [0.25, 0.3) is 0 Å². The minimum Gasteiger partial charge on any atom is -0.508 e. The van der Waals surface area contributed by atoms with Crippen LogP contribution in [-0.2, 0) is 11.8 Å². The summed E-state index contributed by atoms with van der Waals surface area (Å²) in [7, 11) is 0. The molecule has 2 aromatic rings. The molecule has 0 radical (unpaired) electrons. The normalized spacial score (nSPS) is 11.6. The van der Waals surface area contributed by atoms with Crippen LogP contribution in [0.3, 0.4) is 0 Å². The van der Waals surface area contributed by atoms with Crippen molar-refractivity contribution in [2.45, 2.75) is 77.6 Å². The molecule has 1 nitrogen and oxygen atoms in total. The minimum atomic E-state index is -0.193. The maximum atomic E-state index is 10.4. The molecular formula is C24H34O. The number of phenolic OH excluding ortho intramolecular Hbond substituents is 1. The topological polar surface area (TPSA) is 20.2 Å². The van der Waals surface area contributed by atoms with Crippen molar-refractivity contribution in [1.29, 1.82) is 0 Å². The Labute approximate surface area is 154 Å². The molecule has 0 spiro atoms. The molecule has 25 heavy (non-hydrogen) atoms. The third-order valence-electron chi connectivity index (χ3n) is 5.30. The number of hydrogen-bond acceptors (Lipinski definition) is 1. The quantitative estimate of drug-likeness (QED) is 0.462. The highest BCUT2D eigenvalue weighted by molar-refractivity contribution is 5.47. The Morgan fingerprint density at radius 3 is 2.12 bits per heavy atom. The molecule has 1 heteroatoms. The molecule has 0 saturated heterocycles. The largest absolute Gasteiger partial charge is 0.508 e. The van der Waals surface area contributed by atoms with Crippen molar-refractivity contribution in [1.82, 2.24) is 0 Å². The molecule has 0 heterocycles. The number of unbranched alkanes of at least 4 members (excludes halogenated alkanes) is 6. The number of aryl methyl sites for hydroxylation is 1. The van der Waals surface area contributed by atoms with Crippen molar-refractivity contribution in [3.63, 3.8) is 0 Å². The third kappa shape index (κ3) is 5.63. The minimum absolute atomic E-state index is 0.193. The van der Waals surface area contributed by atoms with E-state index >= 15 is 0 Å². The van der Waals surface area contributed by atoms with Gasteiger partial charge in [0, 0.05) is 11.0 Å². The fraction of sp³-hybridized carbons (Fsp3) is 0.500. The summed E-state index contributed by atoms with van der Waals surface area (Å²) in [5.74, 6) is 0.400. The Balaban J connectivity index is 1.98. The Morgan fingerprint density at radius 2 is 1.44 bits per heavy atom. The second-order valence-corrected chi connectivity index (χ2v) is 7.71. The lowest BCUT2D eigenvalue weighted by Gasteiger charge is -2.27. The fourth-order valence-corrected chi connectivity index (χ4v) is 3.54. The van der Waals surface area contributed by atoms with E-state index in [1.54, 1.807) is 0 Å². The molecule has 136 valence electrons. The zero-order chi connectivity index (χ0) is 18.1. The third-order valence-corrected chi connectivity index (χ3v) is 5.30. The Hall–Kier alpha value is -1.76. The van der Waals surface area contributed by atoms with Crippen LogP contribution in [0, 0.1) is 0 Å². The fourth-order valence-electron chi connectivity index (χ4n) is 3.54. The first-order valence-electron chi connectivity index (χ1n) is 9.93. The van der Waals surface area contributed by atoms with E-state index in [1.165, 1.54) is 56.1 Å². The summed E-state index contributed by atoms with van der Waals surface area (Å²) in [5.41, 5.74) is 3.41. The number of aromatic hydroxyl groups is 1. The second-order valence-electron chi connectivity index (χ2n) is 7.71. The van der Waals surface area contributed by atoms with E-state index in [-0.39, 0.29) is 5.41 Å². The van der Waals surface area contributed by atoms with E-state index in [0.29, 0.717) is 5.75 Å². The summed E-state index contributed by atoms with van der Waals surface area (Å²) in [5, 5.41) is 10.4. The van der Waals surface area contributed by atoms with Crippen molar-refractivity contribution in [2.24, 2.45) is 0 Å². The molecule has 2 aromatic carbocycles. The van der Waals surface area contributed by atoms with Gasteiger partial charge in [-0.1, -0.05) is 102 Å². The van der Waals surface area contributed by atoms with Crippen molar-refractivity contribution >= 4 is 0 Å². The van der Waals surface area contributed by atoms with Crippen LogP contribution < -0.4 is 0 Å². The summed E-state index contributed by atoms with van der Waals surface area (Å²) >= 11 is 0. The highest BCUT2D eigenvalue weighted by Crippen LogP contribution is 2.37. The van der Waals surface area contributed by atoms with E-state index < -0.39 is 0 Å². The van der Waals surface area contributed by atoms with E-state index in [1.807, 2.05) is 12.1 Å². The maximum Gasteiger partial charge on any atom is 0.119 e. The first kappa shape index (κ1) is 19.6. The summed E-state index contributed by atoms with van der Waals surface area (Å²) in [6.45, 7) is 6.64.